The van der Waals surface area contributed by atoms with Crippen molar-refractivity contribution in [1.82, 2.24) is 5.32 Å². The lowest BCUT2D eigenvalue weighted by Gasteiger charge is -2.04. The van der Waals surface area contributed by atoms with Crippen LogP contribution in [0.25, 0.3) is 0 Å². The van der Waals surface area contributed by atoms with Crippen molar-refractivity contribution >= 4 is 11.9 Å². The monoisotopic (exact) mass is 265 g/mol. The summed E-state index contributed by atoms with van der Waals surface area (Å²) in [7, 11) is 1.54. The number of halogens is 1. The van der Waals surface area contributed by atoms with E-state index in [0.717, 1.165) is 12.0 Å². The smallest absolute Gasteiger partial charge is 0.309 e. The molecule has 1 fully saturated rings. The number of esters is 1. The fraction of sp³-hybridized carbons (Fsp3) is 0.429. The van der Waals surface area contributed by atoms with Gasteiger partial charge in [0.1, 0.15) is 12.4 Å². The summed E-state index contributed by atoms with van der Waals surface area (Å²) < 4.78 is 17.8. The number of ether oxygens (including phenoxy) is 1. The lowest BCUT2D eigenvalue weighted by Crippen LogP contribution is -2.20. The number of amides is 1. The third kappa shape index (κ3) is 3.53. The van der Waals surface area contributed by atoms with Crippen molar-refractivity contribution in [1.29, 1.82) is 0 Å². The van der Waals surface area contributed by atoms with E-state index in [-0.39, 0.29) is 42.6 Å². The number of carbonyl (C=O) groups excluding carboxylic acids is 2. The van der Waals surface area contributed by atoms with Gasteiger partial charge in [-0.15, -0.1) is 0 Å². The van der Waals surface area contributed by atoms with Crippen LogP contribution in [0.2, 0.25) is 0 Å². The summed E-state index contributed by atoms with van der Waals surface area (Å²) in [5, 5.41) is 2.46. The predicted molar refractivity (Wildman–Crippen MR) is 66.9 cm³/mol. The third-order valence-corrected chi connectivity index (χ3v) is 3.24. The molecule has 4 nitrogen and oxygen atoms in total. The minimum atomic E-state index is -0.283. The average Bonchev–Trinajstić information content (AvgIpc) is 3.19. The molecule has 0 spiro atoms. The molecule has 1 saturated carbocycles. The fourth-order valence-corrected chi connectivity index (χ4v) is 2.01. The summed E-state index contributed by atoms with van der Waals surface area (Å²) in [5.74, 6) is -0.755. The highest BCUT2D eigenvalue weighted by atomic mass is 19.1. The van der Waals surface area contributed by atoms with Crippen molar-refractivity contribution < 1.29 is 18.7 Å². The first kappa shape index (κ1) is 13.5. The first-order valence-electron chi connectivity index (χ1n) is 6.24. The quantitative estimate of drug-likeness (QED) is 0.823. The second-order valence-corrected chi connectivity index (χ2v) is 4.59. The molecule has 0 aliphatic heterocycles. The second kappa shape index (κ2) is 5.82. The summed E-state index contributed by atoms with van der Waals surface area (Å²) in [6.07, 6.45) is 0.903. The molecule has 1 aromatic rings. The van der Waals surface area contributed by atoms with E-state index in [4.69, 9.17) is 4.74 Å². The van der Waals surface area contributed by atoms with Crippen LogP contribution in [0.1, 0.15) is 24.3 Å². The van der Waals surface area contributed by atoms with Crippen LogP contribution in [0.4, 0.5) is 4.39 Å². The summed E-state index contributed by atoms with van der Waals surface area (Å²) in [6, 6.07) is 6.17. The molecule has 1 amide bonds. The topological polar surface area (TPSA) is 55.4 Å². The van der Waals surface area contributed by atoms with Gasteiger partial charge in [0.2, 0.25) is 5.91 Å². The molecular weight excluding hydrogens is 249 g/mol. The van der Waals surface area contributed by atoms with Crippen LogP contribution >= 0.6 is 0 Å². The number of benzene rings is 1. The van der Waals surface area contributed by atoms with Crippen LogP contribution in [0.15, 0.2) is 24.3 Å². The minimum Gasteiger partial charge on any atom is -0.465 e. The third-order valence-electron chi connectivity index (χ3n) is 3.24. The Morgan fingerprint density at radius 2 is 2.05 bits per heavy atom. The summed E-state index contributed by atoms with van der Waals surface area (Å²) in [5.41, 5.74) is 0.953. The molecule has 1 aromatic carbocycles. The molecule has 102 valence electrons. The maximum absolute atomic E-state index is 12.8. The standard InChI is InChI=1S/C14H16FNO3/c1-16-13(17)6-7-19-14(18)12-8-11(12)9-2-4-10(15)5-3-9/h2-5,11-12H,6-8H2,1H3,(H,16,17)/t11-,12+/m0/s1. The van der Waals surface area contributed by atoms with Gasteiger partial charge in [0, 0.05) is 7.05 Å². The Kier molecular flexibility index (Phi) is 4.14. The lowest BCUT2D eigenvalue weighted by molar-refractivity contribution is -0.145. The Morgan fingerprint density at radius 3 is 2.68 bits per heavy atom. The van der Waals surface area contributed by atoms with Crippen LogP contribution in [0.5, 0.6) is 0 Å². The van der Waals surface area contributed by atoms with Crippen molar-refractivity contribution in [2.75, 3.05) is 13.7 Å². The Labute approximate surface area is 110 Å². The summed E-state index contributed by atoms with van der Waals surface area (Å²) in [4.78, 5) is 22.7. The first-order valence-corrected chi connectivity index (χ1v) is 6.24. The van der Waals surface area contributed by atoms with Gasteiger partial charge < -0.3 is 10.1 Å². The van der Waals surface area contributed by atoms with E-state index in [0.29, 0.717) is 0 Å². The molecular formula is C14H16FNO3. The van der Waals surface area contributed by atoms with Gasteiger partial charge in [-0.3, -0.25) is 9.59 Å². The second-order valence-electron chi connectivity index (χ2n) is 4.59. The van der Waals surface area contributed by atoms with Gasteiger partial charge in [0.15, 0.2) is 0 Å². The van der Waals surface area contributed by atoms with Crippen LogP contribution in [0, 0.1) is 11.7 Å². The van der Waals surface area contributed by atoms with Crippen molar-refractivity contribution in [2.45, 2.75) is 18.8 Å². The summed E-state index contributed by atoms with van der Waals surface area (Å²) >= 11 is 0. The molecule has 0 unspecified atom stereocenters. The van der Waals surface area contributed by atoms with E-state index in [2.05, 4.69) is 5.32 Å². The molecule has 0 bridgehead atoms. The maximum Gasteiger partial charge on any atom is 0.309 e. The molecule has 2 rings (SSSR count). The minimum absolute atomic E-state index is 0.102. The normalized spacial score (nSPS) is 20.7. The van der Waals surface area contributed by atoms with Crippen molar-refractivity contribution in [3.63, 3.8) is 0 Å². The number of hydrogen-bond donors (Lipinski definition) is 1. The molecule has 1 N–H and O–H groups in total. The van der Waals surface area contributed by atoms with Gasteiger partial charge in [-0.25, -0.2) is 4.39 Å². The van der Waals surface area contributed by atoms with Gasteiger partial charge in [0.05, 0.1) is 12.3 Å². The van der Waals surface area contributed by atoms with Gasteiger partial charge in [-0.1, -0.05) is 12.1 Å². The number of nitrogens with one attached hydrogen (secondary N) is 1. The molecule has 1 aliphatic carbocycles. The van der Waals surface area contributed by atoms with Gasteiger partial charge in [-0.05, 0) is 30.0 Å². The highest BCUT2D eigenvalue weighted by Crippen LogP contribution is 2.48. The van der Waals surface area contributed by atoms with E-state index in [1.165, 1.54) is 19.2 Å². The van der Waals surface area contributed by atoms with Crippen molar-refractivity contribution in [3.05, 3.63) is 35.6 Å². The van der Waals surface area contributed by atoms with E-state index in [1.807, 2.05) is 0 Å². The van der Waals surface area contributed by atoms with Gasteiger partial charge >= 0.3 is 5.97 Å². The van der Waals surface area contributed by atoms with Gasteiger partial charge in [-0.2, -0.15) is 0 Å². The maximum atomic E-state index is 12.8. The van der Waals surface area contributed by atoms with Crippen LogP contribution in [0.3, 0.4) is 0 Å². The fourth-order valence-electron chi connectivity index (χ4n) is 2.01. The van der Waals surface area contributed by atoms with E-state index < -0.39 is 0 Å². The largest absolute Gasteiger partial charge is 0.465 e. The molecule has 2 atom stereocenters. The molecule has 1 aliphatic rings. The molecule has 0 heterocycles. The summed E-state index contributed by atoms with van der Waals surface area (Å²) in [6.45, 7) is 0.102. The molecule has 19 heavy (non-hydrogen) atoms. The zero-order valence-corrected chi connectivity index (χ0v) is 10.7. The zero-order chi connectivity index (χ0) is 13.8. The van der Waals surface area contributed by atoms with Crippen LogP contribution in [-0.2, 0) is 14.3 Å². The molecule has 0 radical (unpaired) electrons. The van der Waals surface area contributed by atoms with Gasteiger partial charge in [0.25, 0.3) is 0 Å². The highest BCUT2D eigenvalue weighted by molar-refractivity contribution is 5.78. The van der Waals surface area contributed by atoms with Crippen LogP contribution in [-0.4, -0.2) is 25.5 Å². The molecule has 0 aromatic heterocycles. The Morgan fingerprint density at radius 1 is 1.37 bits per heavy atom. The van der Waals surface area contributed by atoms with E-state index >= 15 is 0 Å². The van der Waals surface area contributed by atoms with Crippen LogP contribution < -0.4 is 5.32 Å². The SMILES string of the molecule is CNC(=O)CCOC(=O)[C@@H]1C[C@H]1c1ccc(F)cc1. The van der Waals surface area contributed by atoms with E-state index in [9.17, 15) is 14.0 Å². The zero-order valence-electron chi connectivity index (χ0n) is 10.7. The Hall–Kier alpha value is -1.91. The number of hydrogen-bond acceptors (Lipinski definition) is 3. The highest BCUT2D eigenvalue weighted by Gasteiger charge is 2.45. The number of rotatable bonds is 5. The molecule has 0 saturated heterocycles. The van der Waals surface area contributed by atoms with Crippen molar-refractivity contribution in [3.8, 4) is 0 Å². The Bertz CT molecular complexity index is 472. The average molecular weight is 265 g/mol. The number of carbonyl (C=O) groups is 2. The predicted octanol–water partition coefficient (Wildman–Crippen LogP) is 1.61. The molecule has 5 heteroatoms. The lowest BCUT2D eigenvalue weighted by atomic mass is 10.1. The van der Waals surface area contributed by atoms with Crippen molar-refractivity contribution in [2.24, 2.45) is 5.92 Å². The van der Waals surface area contributed by atoms with E-state index in [1.54, 1.807) is 12.1 Å². The first-order chi connectivity index (χ1) is 9.11. The Balaban J connectivity index is 1.77.